The lowest BCUT2D eigenvalue weighted by molar-refractivity contribution is -0.153. The lowest BCUT2D eigenvalue weighted by atomic mass is 9.75. The van der Waals surface area contributed by atoms with Crippen molar-refractivity contribution in [3.8, 4) is 5.88 Å². The van der Waals surface area contributed by atoms with Gasteiger partial charge < -0.3 is 14.6 Å². The molecule has 3 rings (SSSR count). The molecule has 2 fully saturated rings. The molecule has 2 atom stereocenters. The van der Waals surface area contributed by atoms with E-state index in [4.69, 9.17) is 9.47 Å². The van der Waals surface area contributed by atoms with E-state index >= 15 is 0 Å². The number of rotatable bonds is 5. The summed E-state index contributed by atoms with van der Waals surface area (Å²) in [7, 11) is 1.56. The summed E-state index contributed by atoms with van der Waals surface area (Å²) in [6.07, 6.45) is 2.94. The summed E-state index contributed by atoms with van der Waals surface area (Å²) in [6.45, 7) is 0.525. The summed E-state index contributed by atoms with van der Waals surface area (Å²) in [5.41, 5.74) is -0.0801. The first-order valence-electron chi connectivity index (χ1n) is 7.00. The van der Waals surface area contributed by atoms with Crippen molar-refractivity contribution in [3.63, 3.8) is 0 Å². The lowest BCUT2D eigenvalue weighted by Crippen LogP contribution is -2.42. The van der Waals surface area contributed by atoms with Crippen LogP contribution in [0.3, 0.4) is 0 Å². The number of aromatic nitrogens is 1. The largest absolute Gasteiger partial charge is 0.481 e. The predicted octanol–water partition coefficient (Wildman–Crippen LogP) is 1.90. The van der Waals surface area contributed by atoms with E-state index in [-0.39, 0.29) is 6.10 Å². The summed E-state index contributed by atoms with van der Waals surface area (Å²) in [5.74, 6) is 0.153. The van der Waals surface area contributed by atoms with E-state index in [0.717, 1.165) is 18.5 Å². The molecule has 1 saturated heterocycles. The van der Waals surface area contributed by atoms with Gasteiger partial charge in [0.15, 0.2) is 0 Å². The molecule has 1 aliphatic heterocycles. The van der Waals surface area contributed by atoms with E-state index in [1.54, 1.807) is 13.2 Å². The van der Waals surface area contributed by atoms with Crippen molar-refractivity contribution in [1.82, 2.24) is 4.98 Å². The summed E-state index contributed by atoms with van der Waals surface area (Å²) >= 11 is 0. The third kappa shape index (κ3) is 2.26. The molecule has 5 heteroatoms. The van der Waals surface area contributed by atoms with Crippen molar-refractivity contribution in [3.05, 3.63) is 23.9 Å². The molecule has 2 aliphatic rings. The van der Waals surface area contributed by atoms with Crippen LogP contribution in [0, 0.1) is 11.3 Å². The Morgan fingerprint density at radius 1 is 1.55 bits per heavy atom. The van der Waals surface area contributed by atoms with Gasteiger partial charge in [-0.2, -0.15) is 0 Å². The number of hydrogen-bond donors (Lipinski definition) is 1. The summed E-state index contributed by atoms with van der Waals surface area (Å²) < 4.78 is 10.9. The first kappa shape index (κ1) is 13.4. The molecule has 0 bridgehead atoms. The third-order valence-corrected chi connectivity index (χ3v) is 4.35. The molecule has 2 heterocycles. The molecule has 1 saturated carbocycles. The fourth-order valence-corrected chi connectivity index (χ4v) is 3.14. The number of nitrogens with zero attached hydrogens (tertiary/aromatic N) is 1. The van der Waals surface area contributed by atoms with E-state index in [0.29, 0.717) is 31.2 Å². The highest BCUT2D eigenvalue weighted by Gasteiger charge is 2.56. The number of pyridine rings is 1. The molecule has 5 nitrogen and oxygen atoms in total. The van der Waals surface area contributed by atoms with Crippen LogP contribution in [-0.4, -0.2) is 35.9 Å². The van der Waals surface area contributed by atoms with Crippen LogP contribution >= 0.6 is 0 Å². The Hall–Kier alpha value is -1.62. The summed E-state index contributed by atoms with van der Waals surface area (Å²) in [5, 5.41) is 9.76. The van der Waals surface area contributed by atoms with Crippen LogP contribution in [0.1, 0.15) is 25.0 Å². The van der Waals surface area contributed by atoms with Crippen LogP contribution in [0.2, 0.25) is 0 Å². The molecule has 0 spiro atoms. The number of carboxylic acid groups (broad SMARTS) is 1. The molecule has 20 heavy (non-hydrogen) atoms. The van der Waals surface area contributed by atoms with Crippen molar-refractivity contribution in [2.75, 3.05) is 13.7 Å². The molecular weight excluding hydrogens is 258 g/mol. The number of methoxy groups -OCH3 is 1. The lowest BCUT2D eigenvalue weighted by Gasteiger charge is -2.29. The smallest absolute Gasteiger partial charge is 0.312 e. The summed E-state index contributed by atoms with van der Waals surface area (Å²) in [4.78, 5) is 16.2. The topological polar surface area (TPSA) is 68.7 Å². The first-order valence-corrected chi connectivity index (χ1v) is 7.00. The number of hydrogen-bond acceptors (Lipinski definition) is 4. The molecule has 2 unspecified atom stereocenters. The molecule has 1 aliphatic carbocycles. The number of ether oxygens (including phenoxy) is 2. The van der Waals surface area contributed by atoms with E-state index in [1.165, 1.54) is 0 Å². The number of aliphatic carboxylic acids is 1. The van der Waals surface area contributed by atoms with Gasteiger partial charge in [0, 0.05) is 24.8 Å². The minimum atomic E-state index is -0.833. The monoisotopic (exact) mass is 277 g/mol. The van der Waals surface area contributed by atoms with Crippen LogP contribution in [-0.2, 0) is 16.0 Å². The van der Waals surface area contributed by atoms with Crippen LogP contribution in [0.15, 0.2) is 18.2 Å². The quantitative estimate of drug-likeness (QED) is 0.890. The first-order chi connectivity index (χ1) is 9.65. The molecule has 1 N–H and O–H groups in total. The zero-order valence-corrected chi connectivity index (χ0v) is 11.5. The Kier molecular flexibility index (Phi) is 3.38. The third-order valence-electron chi connectivity index (χ3n) is 4.35. The molecular formula is C15H19NO4. The molecule has 1 aromatic heterocycles. The van der Waals surface area contributed by atoms with Crippen LogP contribution < -0.4 is 4.74 Å². The maximum atomic E-state index is 11.9. The second kappa shape index (κ2) is 5.05. The van der Waals surface area contributed by atoms with Crippen LogP contribution in [0.4, 0.5) is 0 Å². The van der Waals surface area contributed by atoms with Crippen molar-refractivity contribution in [2.45, 2.75) is 31.8 Å². The van der Waals surface area contributed by atoms with E-state index in [9.17, 15) is 9.90 Å². The normalized spacial score (nSPS) is 29.4. The number of carbonyl (C=O) groups is 1. The standard InChI is InChI=1S/C15H19NO4/c1-19-12-4-2-3-11(16-12)9-15(14(17)18)7-8-20-13(15)10-5-6-10/h2-4,10,13H,5-9H2,1H3,(H,17,18). The van der Waals surface area contributed by atoms with Gasteiger partial charge >= 0.3 is 5.97 Å². The minimum absolute atomic E-state index is 0.173. The Bertz CT molecular complexity index is 514. The SMILES string of the molecule is COc1cccc(CC2(C(=O)O)CCOC2C2CC2)n1. The molecule has 0 aromatic carbocycles. The Morgan fingerprint density at radius 2 is 2.35 bits per heavy atom. The Morgan fingerprint density at radius 3 is 3.00 bits per heavy atom. The van der Waals surface area contributed by atoms with Gasteiger partial charge in [0.05, 0.1) is 13.2 Å². The van der Waals surface area contributed by atoms with E-state index < -0.39 is 11.4 Å². The Balaban J connectivity index is 1.88. The highest BCUT2D eigenvalue weighted by molar-refractivity contribution is 5.76. The maximum Gasteiger partial charge on any atom is 0.312 e. The highest BCUT2D eigenvalue weighted by Crippen LogP contribution is 2.49. The fourth-order valence-electron chi connectivity index (χ4n) is 3.14. The minimum Gasteiger partial charge on any atom is -0.481 e. The van der Waals surface area contributed by atoms with E-state index in [1.807, 2.05) is 12.1 Å². The maximum absolute atomic E-state index is 11.9. The molecule has 0 amide bonds. The van der Waals surface area contributed by atoms with Gasteiger partial charge in [0.25, 0.3) is 0 Å². The Labute approximate surface area is 117 Å². The fraction of sp³-hybridized carbons (Fsp3) is 0.600. The van der Waals surface area contributed by atoms with Crippen molar-refractivity contribution in [1.29, 1.82) is 0 Å². The zero-order valence-electron chi connectivity index (χ0n) is 11.5. The molecule has 0 radical (unpaired) electrons. The second-order valence-corrected chi connectivity index (χ2v) is 5.69. The van der Waals surface area contributed by atoms with Gasteiger partial charge in [-0.05, 0) is 31.2 Å². The van der Waals surface area contributed by atoms with Gasteiger partial charge in [-0.3, -0.25) is 4.79 Å². The van der Waals surface area contributed by atoms with Gasteiger partial charge in [-0.15, -0.1) is 0 Å². The second-order valence-electron chi connectivity index (χ2n) is 5.69. The molecule has 1 aromatic rings. The van der Waals surface area contributed by atoms with Gasteiger partial charge in [0.2, 0.25) is 5.88 Å². The highest BCUT2D eigenvalue weighted by atomic mass is 16.5. The summed E-state index contributed by atoms with van der Waals surface area (Å²) in [6, 6.07) is 5.47. The average Bonchev–Trinajstić information content (AvgIpc) is 3.20. The van der Waals surface area contributed by atoms with Crippen molar-refractivity contribution >= 4 is 5.97 Å². The average molecular weight is 277 g/mol. The van der Waals surface area contributed by atoms with Gasteiger partial charge in [0.1, 0.15) is 5.41 Å². The van der Waals surface area contributed by atoms with Gasteiger partial charge in [-0.1, -0.05) is 6.07 Å². The van der Waals surface area contributed by atoms with Crippen molar-refractivity contribution in [2.24, 2.45) is 11.3 Å². The predicted molar refractivity (Wildman–Crippen MR) is 71.6 cm³/mol. The molecule has 108 valence electrons. The van der Waals surface area contributed by atoms with Crippen LogP contribution in [0.5, 0.6) is 5.88 Å². The van der Waals surface area contributed by atoms with Gasteiger partial charge in [-0.25, -0.2) is 4.98 Å². The zero-order chi connectivity index (χ0) is 14.2. The van der Waals surface area contributed by atoms with E-state index in [2.05, 4.69) is 4.98 Å². The van der Waals surface area contributed by atoms with Crippen molar-refractivity contribution < 1.29 is 19.4 Å². The number of carboxylic acids is 1. The van der Waals surface area contributed by atoms with Crippen LogP contribution in [0.25, 0.3) is 0 Å².